The predicted molar refractivity (Wildman–Crippen MR) is 92.4 cm³/mol. The molecule has 0 spiro atoms. The van der Waals surface area contributed by atoms with Crippen molar-refractivity contribution < 1.29 is 5.11 Å². The normalized spacial score (nSPS) is 11.4. The van der Waals surface area contributed by atoms with Gasteiger partial charge in [0, 0.05) is 25.8 Å². The van der Waals surface area contributed by atoms with Crippen LogP contribution in [0, 0.1) is 6.92 Å². The van der Waals surface area contributed by atoms with E-state index in [-0.39, 0.29) is 6.61 Å². The summed E-state index contributed by atoms with van der Waals surface area (Å²) >= 11 is 0. The zero-order chi connectivity index (χ0) is 16.1. The Morgan fingerprint density at radius 2 is 1.83 bits per heavy atom. The maximum Gasteiger partial charge on any atom is 0.137 e. The van der Waals surface area contributed by atoms with Crippen LogP contribution in [0.2, 0.25) is 0 Å². The van der Waals surface area contributed by atoms with Gasteiger partial charge in [-0.05, 0) is 31.0 Å². The molecule has 3 aromatic rings. The predicted octanol–water partition coefficient (Wildman–Crippen LogP) is 2.68. The maximum atomic E-state index is 9.38. The standard InChI is InChI=1S/C19H23N3O/c1-16-18(22-11-6-5-9-19(22)20-16)15-21(13-14-23)12-10-17-7-3-2-4-8-17/h2-9,11,23H,10,12-15H2,1H3. The molecule has 0 saturated heterocycles. The summed E-state index contributed by atoms with van der Waals surface area (Å²) in [7, 11) is 0. The minimum absolute atomic E-state index is 0.171. The highest BCUT2D eigenvalue weighted by molar-refractivity contribution is 5.42. The Kier molecular flexibility index (Phi) is 5.05. The molecule has 2 aromatic heterocycles. The molecule has 0 atom stereocenters. The van der Waals surface area contributed by atoms with Crippen molar-refractivity contribution in [2.45, 2.75) is 19.9 Å². The quantitative estimate of drug-likeness (QED) is 0.729. The van der Waals surface area contributed by atoms with Crippen molar-refractivity contribution in [2.75, 3.05) is 19.7 Å². The molecule has 0 amide bonds. The summed E-state index contributed by atoms with van der Waals surface area (Å²) < 4.78 is 2.14. The summed E-state index contributed by atoms with van der Waals surface area (Å²) in [6.07, 6.45) is 3.04. The zero-order valence-corrected chi connectivity index (χ0v) is 13.5. The number of aromatic nitrogens is 2. The third kappa shape index (κ3) is 3.78. The second kappa shape index (κ2) is 7.40. The molecule has 23 heavy (non-hydrogen) atoms. The van der Waals surface area contributed by atoms with Crippen LogP contribution in [0.3, 0.4) is 0 Å². The fourth-order valence-corrected chi connectivity index (χ4v) is 2.91. The number of nitrogens with zero attached hydrogens (tertiary/aromatic N) is 3. The van der Waals surface area contributed by atoms with Crippen molar-refractivity contribution in [1.29, 1.82) is 0 Å². The van der Waals surface area contributed by atoms with Crippen LogP contribution < -0.4 is 0 Å². The number of aliphatic hydroxyl groups is 1. The van der Waals surface area contributed by atoms with Crippen LogP contribution in [0.1, 0.15) is 17.0 Å². The molecule has 2 heterocycles. The number of hydrogen-bond acceptors (Lipinski definition) is 3. The second-order valence-electron chi connectivity index (χ2n) is 5.81. The van der Waals surface area contributed by atoms with Crippen LogP contribution in [0.15, 0.2) is 54.7 Å². The van der Waals surface area contributed by atoms with Gasteiger partial charge in [-0.25, -0.2) is 4.98 Å². The second-order valence-corrected chi connectivity index (χ2v) is 5.81. The van der Waals surface area contributed by atoms with Crippen molar-refractivity contribution in [1.82, 2.24) is 14.3 Å². The number of aryl methyl sites for hydroxylation is 1. The van der Waals surface area contributed by atoms with Gasteiger partial charge in [0.05, 0.1) is 18.0 Å². The number of benzene rings is 1. The minimum atomic E-state index is 0.171. The first-order valence-corrected chi connectivity index (χ1v) is 8.07. The average molecular weight is 309 g/mol. The van der Waals surface area contributed by atoms with Gasteiger partial charge in [0.1, 0.15) is 5.65 Å². The van der Waals surface area contributed by atoms with E-state index in [4.69, 9.17) is 0 Å². The van der Waals surface area contributed by atoms with E-state index in [0.29, 0.717) is 6.54 Å². The highest BCUT2D eigenvalue weighted by Crippen LogP contribution is 2.14. The Balaban J connectivity index is 1.74. The number of rotatable bonds is 7. The largest absolute Gasteiger partial charge is 0.395 e. The molecule has 0 saturated carbocycles. The fraction of sp³-hybridized carbons (Fsp3) is 0.316. The lowest BCUT2D eigenvalue weighted by Crippen LogP contribution is -2.29. The molecule has 1 aromatic carbocycles. The van der Waals surface area contributed by atoms with Crippen LogP contribution in [-0.2, 0) is 13.0 Å². The summed E-state index contributed by atoms with van der Waals surface area (Å²) in [5, 5.41) is 9.38. The smallest absolute Gasteiger partial charge is 0.137 e. The Morgan fingerprint density at radius 1 is 1.04 bits per heavy atom. The lowest BCUT2D eigenvalue weighted by atomic mass is 10.1. The van der Waals surface area contributed by atoms with Crippen LogP contribution in [-0.4, -0.2) is 39.1 Å². The van der Waals surface area contributed by atoms with E-state index in [1.807, 2.05) is 24.3 Å². The lowest BCUT2D eigenvalue weighted by Gasteiger charge is -2.21. The number of pyridine rings is 1. The number of fused-ring (bicyclic) bond motifs is 1. The third-order valence-electron chi connectivity index (χ3n) is 4.18. The first-order valence-electron chi connectivity index (χ1n) is 8.07. The molecular formula is C19H23N3O. The highest BCUT2D eigenvalue weighted by Gasteiger charge is 2.13. The number of aliphatic hydroxyl groups excluding tert-OH is 1. The molecule has 4 heteroatoms. The van der Waals surface area contributed by atoms with Gasteiger partial charge in [0.15, 0.2) is 0 Å². The average Bonchev–Trinajstić information content (AvgIpc) is 2.89. The molecule has 120 valence electrons. The fourth-order valence-electron chi connectivity index (χ4n) is 2.91. The molecule has 0 fully saturated rings. The number of imidazole rings is 1. The summed E-state index contributed by atoms with van der Waals surface area (Å²) in [5.41, 5.74) is 4.55. The molecule has 0 aliphatic carbocycles. The molecule has 4 nitrogen and oxygen atoms in total. The highest BCUT2D eigenvalue weighted by atomic mass is 16.3. The van der Waals surface area contributed by atoms with Gasteiger partial charge in [-0.2, -0.15) is 0 Å². The van der Waals surface area contributed by atoms with Gasteiger partial charge in [0.2, 0.25) is 0 Å². The molecule has 0 radical (unpaired) electrons. The lowest BCUT2D eigenvalue weighted by molar-refractivity contribution is 0.189. The summed E-state index contributed by atoms with van der Waals surface area (Å²) in [6, 6.07) is 16.5. The molecule has 0 aliphatic rings. The van der Waals surface area contributed by atoms with Gasteiger partial charge < -0.3 is 9.51 Å². The first-order chi connectivity index (χ1) is 11.3. The summed E-state index contributed by atoms with van der Waals surface area (Å²) in [4.78, 5) is 6.91. The van der Waals surface area contributed by atoms with E-state index in [1.165, 1.54) is 11.3 Å². The Bertz CT molecular complexity index is 752. The molecule has 3 rings (SSSR count). The summed E-state index contributed by atoms with van der Waals surface area (Å²) in [5.74, 6) is 0. The maximum absolute atomic E-state index is 9.38. The van der Waals surface area contributed by atoms with Crippen LogP contribution >= 0.6 is 0 Å². The minimum Gasteiger partial charge on any atom is -0.395 e. The topological polar surface area (TPSA) is 40.8 Å². The van der Waals surface area contributed by atoms with E-state index in [2.05, 4.69) is 51.7 Å². The van der Waals surface area contributed by atoms with E-state index in [0.717, 1.165) is 30.9 Å². The molecule has 0 unspecified atom stereocenters. The van der Waals surface area contributed by atoms with Crippen LogP contribution in [0.25, 0.3) is 5.65 Å². The first kappa shape index (κ1) is 15.7. The zero-order valence-electron chi connectivity index (χ0n) is 13.5. The van der Waals surface area contributed by atoms with E-state index in [9.17, 15) is 5.11 Å². The SMILES string of the molecule is Cc1nc2ccccn2c1CN(CCO)CCc1ccccc1. The van der Waals surface area contributed by atoms with Crippen molar-refractivity contribution in [3.05, 3.63) is 71.7 Å². The van der Waals surface area contributed by atoms with Gasteiger partial charge in [-0.1, -0.05) is 36.4 Å². The molecular weight excluding hydrogens is 286 g/mol. The van der Waals surface area contributed by atoms with Gasteiger partial charge >= 0.3 is 0 Å². The Hall–Kier alpha value is -2.17. The molecule has 0 bridgehead atoms. The van der Waals surface area contributed by atoms with E-state index >= 15 is 0 Å². The monoisotopic (exact) mass is 309 g/mol. The van der Waals surface area contributed by atoms with Crippen molar-refractivity contribution >= 4 is 5.65 Å². The molecule has 1 N–H and O–H groups in total. The van der Waals surface area contributed by atoms with Crippen molar-refractivity contribution in [2.24, 2.45) is 0 Å². The van der Waals surface area contributed by atoms with Crippen molar-refractivity contribution in [3.8, 4) is 0 Å². The Morgan fingerprint density at radius 3 is 2.61 bits per heavy atom. The van der Waals surface area contributed by atoms with E-state index in [1.54, 1.807) is 0 Å². The van der Waals surface area contributed by atoms with Crippen LogP contribution in [0.4, 0.5) is 0 Å². The van der Waals surface area contributed by atoms with E-state index < -0.39 is 0 Å². The van der Waals surface area contributed by atoms with Gasteiger partial charge in [-0.15, -0.1) is 0 Å². The number of hydrogen-bond donors (Lipinski definition) is 1. The van der Waals surface area contributed by atoms with Crippen LogP contribution in [0.5, 0.6) is 0 Å². The van der Waals surface area contributed by atoms with Crippen molar-refractivity contribution in [3.63, 3.8) is 0 Å². The molecule has 0 aliphatic heterocycles. The summed E-state index contributed by atoms with van der Waals surface area (Å²) in [6.45, 7) is 4.61. The Labute approximate surface area is 137 Å². The van der Waals surface area contributed by atoms with Gasteiger partial charge in [0.25, 0.3) is 0 Å². The van der Waals surface area contributed by atoms with Gasteiger partial charge in [-0.3, -0.25) is 4.90 Å². The third-order valence-corrected chi connectivity index (χ3v) is 4.18.